The fourth-order valence-electron chi connectivity index (χ4n) is 5.77. The van der Waals surface area contributed by atoms with Gasteiger partial charge in [0, 0.05) is 22.4 Å². The fraction of sp³-hybridized carbons (Fsp3) is 0.355. The van der Waals surface area contributed by atoms with E-state index in [0.717, 1.165) is 29.7 Å². The monoisotopic (exact) mass is 599 g/mol. The summed E-state index contributed by atoms with van der Waals surface area (Å²) in [4.78, 5) is 11.9. The molecule has 1 aromatic heterocycles. The van der Waals surface area contributed by atoms with Crippen molar-refractivity contribution in [3.8, 4) is 11.3 Å². The van der Waals surface area contributed by atoms with Crippen LogP contribution in [0.15, 0.2) is 69.9 Å². The summed E-state index contributed by atoms with van der Waals surface area (Å²) in [6.45, 7) is 0.228. The van der Waals surface area contributed by atoms with Crippen LogP contribution in [0.25, 0.3) is 11.3 Å². The Morgan fingerprint density at radius 1 is 1.10 bits per heavy atom. The first-order chi connectivity index (χ1) is 19.3. The summed E-state index contributed by atoms with van der Waals surface area (Å²) >= 11 is 19.7. The molecule has 0 aliphatic heterocycles. The summed E-state index contributed by atoms with van der Waals surface area (Å²) in [5, 5.41) is 17.3. The molecule has 0 amide bonds. The van der Waals surface area contributed by atoms with Crippen LogP contribution in [0.4, 0.5) is 0 Å². The Balaban J connectivity index is 1.14. The van der Waals surface area contributed by atoms with Crippen molar-refractivity contribution in [1.29, 1.82) is 0 Å². The molecule has 1 heterocycles. The number of ether oxygens (including phenoxy) is 2. The third kappa shape index (κ3) is 5.18. The minimum Gasteiger partial charge on any atom is -0.489 e. The number of allylic oxidation sites excluding steroid dienone is 2. The molecule has 3 aliphatic carbocycles. The zero-order chi connectivity index (χ0) is 28.0. The van der Waals surface area contributed by atoms with Crippen molar-refractivity contribution in [2.75, 3.05) is 7.11 Å². The number of aliphatic hydroxyl groups is 1. The third-order valence-electron chi connectivity index (χ3n) is 8.14. The van der Waals surface area contributed by atoms with E-state index in [-0.39, 0.29) is 24.4 Å². The molecule has 0 radical (unpaired) electrons. The standard InChI is InChI=1S/C31H28Cl3NO5/c1-38-30(36)19-5-2-4-18(12-19)20-14-31(37,15-20)23-11-10-21(13-26(23)34)39-16-22-28(35-40-29(22)17-8-9-17)27-24(32)6-3-7-25(27)33/h2-7,10,12-13,17,20,23,37H,8-9,11,14-16H2,1H3/t20-,23?,31+. The minimum absolute atomic E-state index is 0.144. The van der Waals surface area contributed by atoms with Gasteiger partial charge in [-0.2, -0.15) is 0 Å². The van der Waals surface area contributed by atoms with Gasteiger partial charge in [0.25, 0.3) is 0 Å². The molecule has 6 nitrogen and oxygen atoms in total. The molecule has 40 heavy (non-hydrogen) atoms. The number of hydrogen-bond donors (Lipinski definition) is 1. The van der Waals surface area contributed by atoms with Gasteiger partial charge < -0.3 is 19.1 Å². The van der Waals surface area contributed by atoms with Crippen LogP contribution in [0.3, 0.4) is 0 Å². The van der Waals surface area contributed by atoms with E-state index < -0.39 is 5.60 Å². The summed E-state index contributed by atoms with van der Waals surface area (Å²) in [5.41, 5.74) is 2.65. The van der Waals surface area contributed by atoms with Crippen LogP contribution < -0.4 is 0 Å². The lowest BCUT2D eigenvalue weighted by atomic mass is 9.61. The zero-order valence-corrected chi connectivity index (χ0v) is 24.1. The summed E-state index contributed by atoms with van der Waals surface area (Å²) in [7, 11) is 1.37. The Bertz CT molecular complexity index is 1500. The van der Waals surface area contributed by atoms with Gasteiger partial charge in [-0.15, -0.1) is 0 Å². The van der Waals surface area contributed by atoms with E-state index in [1.165, 1.54) is 7.11 Å². The van der Waals surface area contributed by atoms with Crippen molar-refractivity contribution < 1.29 is 23.9 Å². The highest BCUT2D eigenvalue weighted by Gasteiger charge is 2.50. The minimum atomic E-state index is -0.927. The quantitative estimate of drug-likeness (QED) is 0.263. The predicted octanol–water partition coefficient (Wildman–Crippen LogP) is 8.16. The van der Waals surface area contributed by atoms with Crippen LogP contribution in [0, 0.1) is 5.92 Å². The van der Waals surface area contributed by atoms with Gasteiger partial charge in [-0.05, 0) is 80.0 Å². The second-order valence-electron chi connectivity index (χ2n) is 10.8. The molecule has 208 valence electrons. The van der Waals surface area contributed by atoms with Gasteiger partial charge in [0.15, 0.2) is 0 Å². The maximum Gasteiger partial charge on any atom is 0.337 e. The fourth-order valence-corrected chi connectivity index (χ4v) is 6.75. The lowest BCUT2D eigenvalue weighted by molar-refractivity contribution is -0.0836. The van der Waals surface area contributed by atoms with Gasteiger partial charge >= 0.3 is 5.97 Å². The molecule has 0 spiro atoms. The maximum atomic E-state index is 11.9. The van der Waals surface area contributed by atoms with Crippen LogP contribution >= 0.6 is 34.8 Å². The van der Waals surface area contributed by atoms with Crippen molar-refractivity contribution in [1.82, 2.24) is 5.16 Å². The molecule has 1 atom stereocenters. The molecule has 1 N–H and O–H groups in total. The van der Waals surface area contributed by atoms with Gasteiger partial charge in [0.2, 0.25) is 0 Å². The van der Waals surface area contributed by atoms with E-state index in [2.05, 4.69) is 5.16 Å². The molecular formula is C31H28Cl3NO5. The maximum absolute atomic E-state index is 11.9. The summed E-state index contributed by atoms with van der Waals surface area (Å²) in [5.74, 6) is 1.30. The number of carbonyl (C=O) groups excluding carboxylic acids is 1. The Morgan fingerprint density at radius 2 is 1.82 bits per heavy atom. The Hall–Kier alpha value is -2.77. The Labute approximate surface area is 247 Å². The van der Waals surface area contributed by atoms with Crippen LogP contribution in [-0.4, -0.2) is 28.9 Å². The molecule has 3 aromatic rings. The Kier molecular flexibility index (Phi) is 7.47. The number of methoxy groups -OCH3 is 1. The van der Waals surface area contributed by atoms with Gasteiger partial charge in [0.1, 0.15) is 23.8 Å². The van der Waals surface area contributed by atoms with Crippen molar-refractivity contribution in [2.45, 2.75) is 56.1 Å². The molecule has 0 saturated heterocycles. The van der Waals surface area contributed by atoms with E-state index >= 15 is 0 Å². The van der Waals surface area contributed by atoms with E-state index in [1.807, 2.05) is 24.3 Å². The van der Waals surface area contributed by atoms with Gasteiger partial charge in [0.05, 0.1) is 33.9 Å². The summed E-state index contributed by atoms with van der Waals surface area (Å²) in [6.07, 6.45) is 7.50. The third-order valence-corrected chi connectivity index (χ3v) is 9.15. The van der Waals surface area contributed by atoms with Crippen molar-refractivity contribution in [3.63, 3.8) is 0 Å². The molecule has 2 saturated carbocycles. The predicted molar refractivity (Wildman–Crippen MR) is 154 cm³/mol. The van der Waals surface area contributed by atoms with Crippen LogP contribution in [-0.2, 0) is 16.1 Å². The van der Waals surface area contributed by atoms with Crippen molar-refractivity contribution >= 4 is 40.8 Å². The van der Waals surface area contributed by atoms with Crippen LogP contribution in [0.5, 0.6) is 0 Å². The zero-order valence-electron chi connectivity index (χ0n) is 21.8. The van der Waals surface area contributed by atoms with Crippen LogP contribution in [0.1, 0.15) is 71.2 Å². The SMILES string of the molecule is COC(=O)c1cccc([C@H]2C[C@](O)(C3CC=C(OCc4c(-c5c(Cl)cccc5Cl)noc4C4CC4)C=C3Cl)C2)c1. The number of benzene rings is 2. The average Bonchev–Trinajstić information content (AvgIpc) is 3.69. The number of nitrogens with zero attached hydrogens (tertiary/aromatic N) is 1. The van der Waals surface area contributed by atoms with Gasteiger partial charge in [-0.3, -0.25) is 0 Å². The van der Waals surface area contributed by atoms with E-state index in [0.29, 0.717) is 62.8 Å². The van der Waals surface area contributed by atoms with Crippen LogP contribution in [0.2, 0.25) is 10.0 Å². The molecule has 0 bridgehead atoms. The van der Waals surface area contributed by atoms with E-state index in [9.17, 15) is 9.90 Å². The summed E-state index contributed by atoms with van der Waals surface area (Å²) in [6, 6.07) is 12.7. The molecular weight excluding hydrogens is 573 g/mol. The first-order valence-electron chi connectivity index (χ1n) is 13.3. The number of rotatable bonds is 8. The lowest BCUT2D eigenvalue weighted by Crippen LogP contribution is -2.49. The molecule has 9 heteroatoms. The van der Waals surface area contributed by atoms with Crippen molar-refractivity contribution in [2.24, 2.45) is 5.92 Å². The topological polar surface area (TPSA) is 81.8 Å². The van der Waals surface area contributed by atoms with Gasteiger partial charge in [-0.1, -0.05) is 58.2 Å². The molecule has 1 unspecified atom stereocenters. The number of esters is 1. The van der Waals surface area contributed by atoms with Gasteiger partial charge in [-0.25, -0.2) is 4.79 Å². The van der Waals surface area contributed by atoms with Crippen molar-refractivity contribution in [3.05, 3.63) is 97.9 Å². The first kappa shape index (κ1) is 27.4. The molecule has 6 rings (SSSR count). The smallest absolute Gasteiger partial charge is 0.337 e. The number of aromatic nitrogens is 1. The lowest BCUT2D eigenvalue weighted by Gasteiger charge is -2.49. The normalized spacial score (nSPS) is 24.1. The highest BCUT2D eigenvalue weighted by atomic mass is 35.5. The highest BCUT2D eigenvalue weighted by Crippen LogP contribution is 2.53. The molecule has 2 aromatic carbocycles. The largest absolute Gasteiger partial charge is 0.489 e. The van der Waals surface area contributed by atoms with E-state index in [1.54, 1.807) is 30.3 Å². The number of halogens is 3. The first-order valence-corrected chi connectivity index (χ1v) is 14.4. The number of carbonyl (C=O) groups is 1. The molecule has 3 aliphatic rings. The highest BCUT2D eigenvalue weighted by molar-refractivity contribution is 6.39. The average molecular weight is 601 g/mol. The van der Waals surface area contributed by atoms with E-state index in [4.69, 9.17) is 48.8 Å². The Morgan fingerprint density at radius 3 is 2.50 bits per heavy atom. The second-order valence-corrected chi connectivity index (χ2v) is 12.0. The number of hydrogen-bond acceptors (Lipinski definition) is 6. The second kappa shape index (κ2) is 10.9. The molecule has 2 fully saturated rings. The summed E-state index contributed by atoms with van der Waals surface area (Å²) < 4.78 is 16.8.